The van der Waals surface area contributed by atoms with Crippen LogP contribution in [0.1, 0.15) is 37.3 Å². The van der Waals surface area contributed by atoms with Crippen molar-refractivity contribution in [3.63, 3.8) is 0 Å². The van der Waals surface area contributed by atoms with Crippen molar-refractivity contribution in [2.75, 3.05) is 0 Å². The van der Waals surface area contributed by atoms with E-state index in [2.05, 4.69) is 48.8 Å². The smallest absolute Gasteiger partial charge is 0.0973 e. The van der Waals surface area contributed by atoms with E-state index in [1.807, 2.05) is 30.3 Å². The van der Waals surface area contributed by atoms with Crippen molar-refractivity contribution in [2.24, 2.45) is 0 Å². The van der Waals surface area contributed by atoms with Gasteiger partial charge in [-0.1, -0.05) is 48.2 Å². The first-order valence-corrected chi connectivity index (χ1v) is 9.40. The molecule has 1 heterocycles. The number of hydrogen-bond donors (Lipinski definition) is 0. The van der Waals surface area contributed by atoms with Crippen molar-refractivity contribution >= 4 is 10.9 Å². The average molecular weight is 357 g/mol. The van der Waals surface area contributed by atoms with E-state index >= 15 is 0 Å². The van der Waals surface area contributed by atoms with Gasteiger partial charge in [0.05, 0.1) is 17.4 Å². The molecule has 27 heavy (non-hydrogen) atoms. The fourth-order valence-corrected chi connectivity index (χ4v) is 3.10. The lowest BCUT2D eigenvalue weighted by atomic mass is 9.98. The molecule has 0 spiro atoms. The van der Waals surface area contributed by atoms with Crippen LogP contribution in [-0.4, -0.2) is 11.2 Å². The Bertz CT molecular complexity index is 992. The highest BCUT2D eigenvalue weighted by atomic mass is 19.1. The minimum Gasteiger partial charge on any atom is -0.248 e. The predicted molar refractivity (Wildman–Crippen MR) is 112 cm³/mol. The molecule has 1 unspecified atom stereocenters. The number of para-hydroxylation sites is 1. The number of allylic oxidation sites excluding steroid dienone is 1. The molecule has 2 heteroatoms. The highest BCUT2D eigenvalue weighted by Gasteiger charge is 2.07. The summed E-state index contributed by atoms with van der Waals surface area (Å²) < 4.78 is 12.8. The number of alkyl halides is 1. The maximum atomic E-state index is 12.8. The van der Waals surface area contributed by atoms with E-state index in [0.717, 1.165) is 52.5 Å². The van der Waals surface area contributed by atoms with Gasteiger partial charge in [-0.25, -0.2) is 9.37 Å². The molecule has 136 valence electrons. The Morgan fingerprint density at radius 1 is 1.15 bits per heavy atom. The molecule has 1 aromatic heterocycles. The van der Waals surface area contributed by atoms with Crippen molar-refractivity contribution in [1.82, 2.24) is 4.98 Å². The zero-order valence-electron chi connectivity index (χ0n) is 15.7. The quantitative estimate of drug-likeness (QED) is 0.278. The molecule has 0 aliphatic rings. The third kappa shape index (κ3) is 5.05. The first-order chi connectivity index (χ1) is 13.2. The topological polar surface area (TPSA) is 12.9 Å². The molecule has 0 saturated carbocycles. The molecular formula is C25H24FN. The van der Waals surface area contributed by atoms with E-state index in [4.69, 9.17) is 4.98 Å². The minimum absolute atomic E-state index is 0.572. The molecule has 0 radical (unpaired) electrons. The van der Waals surface area contributed by atoms with E-state index < -0.39 is 6.17 Å². The van der Waals surface area contributed by atoms with Crippen molar-refractivity contribution in [1.29, 1.82) is 0 Å². The number of rotatable bonds is 6. The molecule has 1 atom stereocenters. The fourth-order valence-electron chi connectivity index (χ4n) is 3.10. The van der Waals surface area contributed by atoms with Gasteiger partial charge in [0.25, 0.3) is 0 Å². The lowest BCUT2D eigenvalue weighted by Crippen LogP contribution is -1.93. The van der Waals surface area contributed by atoms with Gasteiger partial charge in [0.1, 0.15) is 0 Å². The van der Waals surface area contributed by atoms with Crippen molar-refractivity contribution < 1.29 is 4.39 Å². The molecule has 1 nitrogen and oxygen atoms in total. The Morgan fingerprint density at radius 3 is 2.81 bits per heavy atom. The zero-order chi connectivity index (χ0) is 19.1. The molecule has 0 aliphatic carbocycles. The summed E-state index contributed by atoms with van der Waals surface area (Å²) in [4.78, 5) is 4.82. The van der Waals surface area contributed by atoms with E-state index in [0.29, 0.717) is 6.42 Å². The average Bonchev–Trinajstić information content (AvgIpc) is 2.67. The number of halogens is 1. The summed E-state index contributed by atoms with van der Waals surface area (Å²) in [7, 11) is 0. The van der Waals surface area contributed by atoms with Gasteiger partial charge >= 0.3 is 0 Å². The second kappa shape index (κ2) is 9.14. The van der Waals surface area contributed by atoms with Crippen LogP contribution in [0.25, 0.3) is 22.2 Å². The zero-order valence-corrected chi connectivity index (χ0v) is 15.7. The Labute approximate surface area is 161 Å². The molecule has 0 amide bonds. The summed E-state index contributed by atoms with van der Waals surface area (Å²) in [6.45, 7) is 5.47. The summed E-state index contributed by atoms with van der Waals surface area (Å²) in [5, 5.41) is 1.14. The number of pyridine rings is 1. The number of benzene rings is 2. The summed E-state index contributed by atoms with van der Waals surface area (Å²) >= 11 is 0. The largest absolute Gasteiger partial charge is 0.248 e. The van der Waals surface area contributed by atoms with Gasteiger partial charge in [-0.3, -0.25) is 0 Å². The van der Waals surface area contributed by atoms with Crippen molar-refractivity contribution in [2.45, 2.75) is 38.8 Å². The van der Waals surface area contributed by atoms with Crippen LogP contribution in [0, 0.1) is 11.8 Å². The lowest BCUT2D eigenvalue weighted by Gasteiger charge is -2.09. The number of hydrogen-bond acceptors (Lipinski definition) is 1. The summed E-state index contributed by atoms with van der Waals surface area (Å²) in [5.74, 6) is 6.35. The summed E-state index contributed by atoms with van der Waals surface area (Å²) in [6, 6.07) is 18.5. The molecule has 0 bridgehead atoms. The lowest BCUT2D eigenvalue weighted by molar-refractivity contribution is 0.336. The van der Waals surface area contributed by atoms with Crippen LogP contribution in [-0.2, 0) is 6.42 Å². The second-order valence-electron chi connectivity index (χ2n) is 6.73. The van der Waals surface area contributed by atoms with Crippen LogP contribution < -0.4 is 0 Å². The molecule has 0 fully saturated rings. The Kier molecular flexibility index (Phi) is 6.39. The first kappa shape index (κ1) is 18.9. The van der Waals surface area contributed by atoms with Crippen LogP contribution in [0.2, 0.25) is 0 Å². The second-order valence-corrected chi connectivity index (χ2v) is 6.73. The van der Waals surface area contributed by atoms with E-state index in [1.165, 1.54) is 0 Å². The highest BCUT2D eigenvalue weighted by molar-refractivity contribution is 5.82. The SMILES string of the molecule is C=CCc1cc(C#CCCCC(C)F)ccc1-c1ccc2ccccc2n1. The third-order valence-corrected chi connectivity index (χ3v) is 4.48. The third-order valence-electron chi connectivity index (χ3n) is 4.48. The number of aromatic nitrogens is 1. The van der Waals surface area contributed by atoms with Gasteiger partial charge in [0.15, 0.2) is 0 Å². The minimum atomic E-state index is -0.750. The molecule has 0 N–H and O–H groups in total. The first-order valence-electron chi connectivity index (χ1n) is 9.40. The van der Waals surface area contributed by atoms with E-state index in [-0.39, 0.29) is 0 Å². The van der Waals surface area contributed by atoms with Gasteiger partial charge < -0.3 is 0 Å². The maximum absolute atomic E-state index is 12.8. The number of nitrogens with zero attached hydrogens (tertiary/aromatic N) is 1. The van der Waals surface area contributed by atoms with Crippen LogP contribution in [0.3, 0.4) is 0 Å². The molecular weight excluding hydrogens is 333 g/mol. The van der Waals surface area contributed by atoms with Crippen LogP contribution >= 0.6 is 0 Å². The molecule has 0 saturated heterocycles. The van der Waals surface area contributed by atoms with Crippen LogP contribution in [0.4, 0.5) is 4.39 Å². The van der Waals surface area contributed by atoms with Gasteiger partial charge in [-0.2, -0.15) is 0 Å². The van der Waals surface area contributed by atoms with Gasteiger partial charge in [0, 0.05) is 22.9 Å². The molecule has 3 aromatic rings. The van der Waals surface area contributed by atoms with E-state index in [9.17, 15) is 4.39 Å². The Balaban J connectivity index is 1.87. The van der Waals surface area contributed by atoms with Crippen LogP contribution in [0.5, 0.6) is 0 Å². The Hall–Kier alpha value is -2.92. The molecule has 0 aliphatic heterocycles. The standard InChI is InChI=1S/C25H24FN/c1-3-9-22-18-20(11-6-4-5-10-19(2)26)14-16-23(22)25-17-15-21-12-7-8-13-24(21)27-25/h3,7-8,12-19H,1,4-5,9-10H2,2H3. The molecule has 2 aromatic carbocycles. The molecule has 3 rings (SSSR count). The van der Waals surface area contributed by atoms with Crippen LogP contribution in [0.15, 0.2) is 67.3 Å². The maximum Gasteiger partial charge on any atom is 0.0973 e. The number of unbranched alkanes of at least 4 members (excludes halogenated alkanes) is 1. The Morgan fingerprint density at radius 2 is 2.00 bits per heavy atom. The van der Waals surface area contributed by atoms with Gasteiger partial charge in [0.2, 0.25) is 0 Å². The summed E-state index contributed by atoms with van der Waals surface area (Å²) in [5.41, 5.74) is 5.20. The highest BCUT2D eigenvalue weighted by Crippen LogP contribution is 2.26. The van der Waals surface area contributed by atoms with Gasteiger partial charge in [-0.15, -0.1) is 6.58 Å². The fraction of sp³-hybridized carbons (Fsp3) is 0.240. The predicted octanol–water partition coefficient (Wildman–Crippen LogP) is 6.51. The van der Waals surface area contributed by atoms with Crippen molar-refractivity contribution in [3.8, 4) is 23.1 Å². The van der Waals surface area contributed by atoms with Crippen molar-refractivity contribution in [3.05, 3.63) is 78.4 Å². The normalized spacial score (nSPS) is 11.6. The van der Waals surface area contributed by atoms with Gasteiger partial charge in [-0.05, 0) is 56.0 Å². The summed E-state index contributed by atoms with van der Waals surface area (Å²) in [6.07, 6.45) is 4.00. The van der Waals surface area contributed by atoms with E-state index in [1.54, 1.807) is 6.92 Å². The number of fused-ring (bicyclic) bond motifs is 1. The monoisotopic (exact) mass is 357 g/mol.